The summed E-state index contributed by atoms with van der Waals surface area (Å²) in [5, 5.41) is 0. The van der Waals surface area contributed by atoms with Crippen molar-refractivity contribution < 1.29 is 19.2 Å². The van der Waals surface area contributed by atoms with Crippen LogP contribution in [0.5, 0.6) is 0 Å². The number of anilines is 2. The summed E-state index contributed by atoms with van der Waals surface area (Å²) in [6, 6.07) is 11.2. The summed E-state index contributed by atoms with van der Waals surface area (Å²) >= 11 is 0. The Morgan fingerprint density at radius 2 is 0.853 bits per heavy atom. The molecule has 34 heavy (non-hydrogen) atoms. The number of hydrogen-bond donors (Lipinski definition) is 0. The molecule has 1 saturated carbocycles. The second-order valence-corrected chi connectivity index (χ2v) is 10.1. The van der Waals surface area contributed by atoms with Gasteiger partial charge in [-0.2, -0.15) is 0 Å². The number of imide groups is 2. The van der Waals surface area contributed by atoms with E-state index in [1.165, 1.54) is 9.80 Å². The second kappa shape index (κ2) is 6.98. The maximum Gasteiger partial charge on any atom is 0.238 e. The van der Waals surface area contributed by atoms with Crippen LogP contribution in [-0.2, 0) is 19.2 Å². The number of hydrogen-bond acceptors (Lipinski definition) is 4. The molecule has 2 aliphatic heterocycles. The van der Waals surface area contributed by atoms with Crippen molar-refractivity contribution in [1.82, 2.24) is 0 Å². The maximum absolute atomic E-state index is 13.7. The lowest BCUT2D eigenvalue weighted by atomic mass is 9.54. The highest BCUT2D eigenvalue weighted by molar-refractivity contribution is 6.26. The Hall–Kier alpha value is -3.54. The molecule has 0 aromatic heterocycles. The zero-order chi connectivity index (χ0) is 24.0. The van der Waals surface area contributed by atoms with E-state index in [0.29, 0.717) is 11.4 Å². The fraction of sp³-hybridized carbons (Fsp3) is 0.357. The fourth-order valence-corrected chi connectivity index (χ4v) is 6.66. The molecule has 4 amide bonds. The van der Waals surface area contributed by atoms with Crippen LogP contribution in [0.25, 0.3) is 0 Å². The normalized spacial score (nSPS) is 31.5. The third kappa shape index (κ3) is 2.46. The van der Waals surface area contributed by atoms with Crippen LogP contribution < -0.4 is 9.80 Å². The van der Waals surface area contributed by atoms with Crippen LogP contribution in [0.15, 0.2) is 48.6 Å². The molecule has 7 rings (SSSR count). The lowest BCUT2D eigenvalue weighted by molar-refractivity contribution is -0.137. The van der Waals surface area contributed by atoms with Crippen LogP contribution in [-0.4, -0.2) is 23.6 Å². The van der Waals surface area contributed by atoms with E-state index in [9.17, 15) is 19.2 Å². The molecule has 2 aromatic rings. The summed E-state index contributed by atoms with van der Waals surface area (Å²) in [6.07, 6.45) is 3.81. The second-order valence-electron chi connectivity index (χ2n) is 10.1. The SMILES string of the molecule is Cc1cccc(N2C(=O)[C@@H]3C4C=CC([C@@H]3C2=O)[C@@H]2C(=O)N(c3cccc(C)c3C)C(=O)[C@H]42)c1C. The third-order valence-corrected chi connectivity index (χ3v) is 8.64. The maximum atomic E-state index is 13.7. The lowest BCUT2D eigenvalue weighted by Crippen LogP contribution is -2.50. The smallest absolute Gasteiger partial charge is 0.238 e. The van der Waals surface area contributed by atoms with E-state index in [0.717, 1.165) is 22.3 Å². The van der Waals surface area contributed by atoms with E-state index in [-0.39, 0.29) is 23.6 Å². The Morgan fingerprint density at radius 3 is 1.18 bits per heavy atom. The number of benzene rings is 2. The quantitative estimate of drug-likeness (QED) is 0.513. The molecule has 2 heterocycles. The molecule has 6 heteroatoms. The topological polar surface area (TPSA) is 74.8 Å². The number of aryl methyl sites for hydroxylation is 2. The van der Waals surface area contributed by atoms with Crippen molar-refractivity contribution in [2.75, 3.05) is 9.80 Å². The Labute approximate surface area is 198 Å². The summed E-state index contributed by atoms with van der Waals surface area (Å²) in [7, 11) is 0. The summed E-state index contributed by atoms with van der Waals surface area (Å²) in [6.45, 7) is 7.71. The molecule has 3 aliphatic carbocycles. The first-order valence-electron chi connectivity index (χ1n) is 11.8. The fourth-order valence-electron chi connectivity index (χ4n) is 6.66. The van der Waals surface area contributed by atoms with Gasteiger partial charge in [-0.1, -0.05) is 36.4 Å². The third-order valence-electron chi connectivity index (χ3n) is 8.64. The minimum Gasteiger partial charge on any atom is -0.274 e. The first-order valence-corrected chi connectivity index (χ1v) is 11.8. The average molecular weight is 455 g/mol. The number of amides is 4. The van der Waals surface area contributed by atoms with E-state index in [2.05, 4.69) is 0 Å². The summed E-state index contributed by atoms with van der Waals surface area (Å²) in [5.41, 5.74) is 4.97. The van der Waals surface area contributed by atoms with Crippen molar-refractivity contribution >= 4 is 35.0 Å². The molecule has 6 nitrogen and oxygen atoms in total. The molecule has 0 radical (unpaired) electrons. The molecule has 2 aromatic carbocycles. The van der Waals surface area contributed by atoms with Gasteiger partial charge in [0.1, 0.15) is 0 Å². The number of nitrogens with zero attached hydrogens (tertiary/aromatic N) is 2. The highest BCUT2D eigenvalue weighted by Crippen LogP contribution is 2.58. The van der Waals surface area contributed by atoms with Crippen LogP contribution in [0.4, 0.5) is 11.4 Å². The molecule has 5 aliphatic rings. The summed E-state index contributed by atoms with van der Waals surface area (Å²) in [5.74, 6) is -4.40. The van der Waals surface area contributed by atoms with Gasteiger partial charge in [0.05, 0.1) is 35.0 Å². The van der Waals surface area contributed by atoms with Gasteiger partial charge >= 0.3 is 0 Å². The van der Waals surface area contributed by atoms with Crippen molar-refractivity contribution in [2.24, 2.45) is 35.5 Å². The van der Waals surface area contributed by atoms with Crippen molar-refractivity contribution in [3.8, 4) is 0 Å². The number of carbonyl (C=O) groups is 4. The highest BCUT2D eigenvalue weighted by atomic mass is 16.2. The van der Waals surface area contributed by atoms with E-state index >= 15 is 0 Å². The molecular formula is C28H26N2O4. The monoisotopic (exact) mass is 454 g/mol. The number of allylic oxidation sites excluding steroid dienone is 2. The van der Waals surface area contributed by atoms with Gasteiger partial charge in [0.15, 0.2) is 0 Å². The van der Waals surface area contributed by atoms with Crippen LogP contribution >= 0.6 is 0 Å². The van der Waals surface area contributed by atoms with Crippen molar-refractivity contribution in [3.05, 3.63) is 70.8 Å². The standard InChI is InChI=1S/C28H26N2O4/c1-13-7-5-9-19(15(13)3)29-25(31)21-17-11-12-18(22(21)26(29)32)24-23(17)27(33)30(28(24)34)20-10-6-8-14(2)16(20)4/h5-12,17-18,21-24H,1-4H3/t17?,18?,21-,22+,23-,24+. The number of rotatable bonds is 2. The van der Waals surface area contributed by atoms with E-state index in [4.69, 9.17) is 0 Å². The largest absolute Gasteiger partial charge is 0.274 e. The van der Waals surface area contributed by atoms with Gasteiger partial charge in [0.25, 0.3) is 0 Å². The number of carbonyl (C=O) groups excluding carboxylic acids is 4. The summed E-state index contributed by atoms with van der Waals surface area (Å²) in [4.78, 5) is 57.4. The molecule has 0 N–H and O–H groups in total. The van der Waals surface area contributed by atoms with Crippen LogP contribution in [0.3, 0.4) is 0 Å². The van der Waals surface area contributed by atoms with Gasteiger partial charge in [-0.15, -0.1) is 0 Å². The Bertz CT molecular complexity index is 1200. The van der Waals surface area contributed by atoms with Crippen LogP contribution in [0.1, 0.15) is 22.3 Å². The van der Waals surface area contributed by atoms with Gasteiger partial charge in [-0.25, -0.2) is 9.80 Å². The molecule has 4 atom stereocenters. The van der Waals surface area contributed by atoms with Crippen molar-refractivity contribution in [1.29, 1.82) is 0 Å². The molecule has 0 spiro atoms. The van der Waals surface area contributed by atoms with Gasteiger partial charge in [-0.3, -0.25) is 19.2 Å². The van der Waals surface area contributed by atoms with Gasteiger partial charge in [0.2, 0.25) is 23.6 Å². The predicted octanol–water partition coefficient (Wildman–Crippen LogP) is 3.65. The zero-order valence-electron chi connectivity index (χ0n) is 19.6. The van der Waals surface area contributed by atoms with Crippen molar-refractivity contribution in [3.63, 3.8) is 0 Å². The molecule has 2 bridgehead atoms. The Kier molecular flexibility index (Phi) is 4.32. The highest BCUT2D eigenvalue weighted by Gasteiger charge is 2.69. The van der Waals surface area contributed by atoms with Crippen LogP contribution in [0.2, 0.25) is 0 Å². The molecule has 0 unspecified atom stereocenters. The molecular weight excluding hydrogens is 428 g/mol. The Balaban J connectivity index is 1.42. The first kappa shape index (κ1) is 21.0. The van der Waals surface area contributed by atoms with E-state index in [1.807, 2.05) is 64.1 Å². The van der Waals surface area contributed by atoms with Crippen LogP contribution in [0, 0.1) is 63.2 Å². The minimum absolute atomic E-state index is 0.257. The molecule has 3 fully saturated rings. The minimum atomic E-state index is -0.612. The zero-order valence-corrected chi connectivity index (χ0v) is 19.6. The van der Waals surface area contributed by atoms with Gasteiger partial charge in [0, 0.05) is 11.8 Å². The van der Waals surface area contributed by atoms with Gasteiger partial charge in [-0.05, 0) is 62.1 Å². The van der Waals surface area contributed by atoms with E-state index in [1.54, 1.807) is 12.1 Å². The molecule has 172 valence electrons. The summed E-state index contributed by atoms with van der Waals surface area (Å²) < 4.78 is 0. The molecule has 2 saturated heterocycles. The van der Waals surface area contributed by atoms with Crippen molar-refractivity contribution in [2.45, 2.75) is 27.7 Å². The lowest BCUT2D eigenvalue weighted by Gasteiger charge is -2.44. The predicted molar refractivity (Wildman–Crippen MR) is 127 cm³/mol. The Morgan fingerprint density at radius 1 is 0.529 bits per heavy atom. The first-order chi connectivity index (χ1) is 16.2. The average Bonchev–Trinajstić information content (AvgIpc) is 3.25. The van der Waals surface area contributed by atoms with E-state index < -0.39 is 35.5 Å². The van der Waals surface area contributed by atoms with Gasteiger partial charge < -0.3 is 0 Å².